The number of benzene rings is 2. The van der Waals surface area contributed by atoms with Gasteiger partial charge in [-0.25, -0.2) is 0 Å². The Morgan fingerprint density at radius 1 is 0.862 bits per heavy atom. The Morgan fingerprint density at radius 3 is 2.03 bits per heavy atom. The third kappa shape index (κ3) is 5.67. The van der Waals surface area contributed by atoms with Gasteiger partial charge in [0.15, 0.2) is 11.0 Å². The lowest BCUT2D eigenvalue weighted by atomic mass is 10.2. The van der Waals surface area contributed by atoms with E-state index >= 15 is 0 Å². The van der Waals surface area contributed by atoms with Gasteiger partial charge in [0.25, 0.3) is 0 Å². The molecule has 3 rings (SSSR count). The molecule has 6 nitrogen and oxygen atoms in total. The molecular weight excluding hydrogens is 386 g/mol. The van der Waals surface area contributed by atoms with Crippen LogP contribution in [0.5, 0.6) is 17.2 Å². The fraction of sp³-hybridized carbons (Fsp3) is 0.364. The predicted molar refractivity (Wildman–Crippen MR) is 116 cm³/mol. The molecule has 0 amide bonds. The van der Waals surface area contributed by atoms with E-state index in [1.54, 1.807) is 26.0 Å². The molecule has 0 N–H and O–H groups in total. The molecule has 0 aliphatic carbocycles. The van der Waals surface area contributed by atoms with Crippen LogP contribution in [-0.4, -0.2) is 41.3 Å². The van der Waals surface area contributed by atoms with Gasteiger partial charge in [0.2, 0.25) is 0 Å². The van der Waals surface area contributed by atoms with Gasteiger partial charge >= 0.3 is 0 Å². The smallest absolute Gasteiger partial charge is 0.191 e. The molecule has 0 aliphatic rings. The second-order valence-electron chi connectivity index (χ2n) is 6.91. The van der Waals surface area contributed by atoms with Crippen LogP contribution in [0.25, 0.3) is 11.4 Å². The van der Waals surface area contributed by atoms with Crippen molar-refractivity contribution in [2.24, 2.45) is 5.92 Å². The number of ether oxygens (including phenoxy) is 3. The molecule has 0 unspecified atom stereocenters. The zero-order valence-electron chi connectivity index (χ0n) is 17.3. The Morgan fingerprint density at radius 2 is 1.45 bits per heavy atom. The fourth-order valence-corrected chi connectivity index (χ4v) is 3.61. The van der Waals surface area contributed by atoms with Crippen molar-refractivity contribution in [2.75, 3.05) is 26.6 Å². The van der Waals surface area contributed by atoms with E-state index in [2.05, 4.69) is 28.6 Å². The highest BCUT2D eigenvalue weighted by Gasteiger charge is 2.15. The molecule has 2 aromatic carbocycles. The molecule has 0 fully saturated rings. The molecule has 7 heteroatoms. The van der Waals surface area contributed by atoms with E-state index in [0.29, 0.717) is 12.5 Å². The molecule has 29 heavy (non-hydrogen) atoms. The number of hydrogen-bond donors (Lipinski definition) is 0. The first-order chi connectivity index (χ1) is 14.1. The van der Waals surface area contributed by atoms with Crippen LogP contribution in [0.15, 0.2) is 53.7 Å². The molecule has 0 radical (unpaired) electrons. The van der Waals surface area contributed by atoms with Gasteiger partial charge in [-0.05, 0) is 54.4 Å². The van der Waals surface area contributed by atoms with E-state index in [1.807, 2.05) is 48.5 Å². The van der Waals surface area contributed by atoms with Crippen LogP contribution in [0.1, 0.15) is 13.8 Å². The van der Waals surface area contributed by atoms with E-state index in [4.69, 9.17) is 14.2 Å². The molecule has 0 spiro atoms. The number of rotatable bonds is 10. The summed E-state index contributed by atoms with van der Waals surface area (Å²) in [5, 5.41) is 9.78. The zero-order valence-corrected chi connectivity index (χ0v) is 18.1. The molecule has 154 valence electrons. The van der Waals surface area contributed by atoms with Crippen LogP contribution >= 0.6 is 11.8 Å². The SMILES string of the molecule is COc1ccc(OCCSc2nnc(-c3ccc(OC)cc3)n2CC(C)C)cc1. The summed E-state index contributed by atoms with van der Waals surface area (Å²) in [6.07, 6.45) is 0. The Bertz CT molecular complexity index is 893. The highest BCUT2D eigenvalue weighted by Crippen LogP contribution is 2.27. The largest absolute Gasteiger partial charge is 0.497 e. The van der Waals surface area contributed by atoms with Crippen molar-refractivity contribution < 1.29 is 14.2 Å². The monoisotopic (exact) mass is 413 g/mol. The molecule has 1 heterocycles. The molecule has 0 aliphatic heterocycles. The van der Waals surface area contributed by atoms with Crippen LogP contribution in [0.4, 0.5) is 0 Å². The van der Waals surface area contributed by atoms with Crippen LogP contribution < -0.4 is 14.2 Å². The Kier molecular flexibility index (Phi) is 7.41. The van der Waals surface area contributed by atoms with Crippen molar-refractivity contribution in [1.29, 1.82) is 0 Å². The quantitative estimate of drug-likeness (QED) is 0.352. The van der Waals surface area contributed by atoms with Gasteiger partial charge in [-0.1, -0.05) is 25.6 Å². The van der Waals surface area contributed by atoms with Gasteiger partial charge in [0.05, 0.1) is 20.8 Å². The minimum atomic E-state index is 0.484. The number of hydrogen-bond acceptors (Lipinski definition) is 6. The van der Waals surface area contributed by atoms with Gasteiger partial charge in [0, 0.05) is 17.9 Å². The average Bonchev–Trinajstić information content (AvgIpc) is 3.13. The predicted octanol–water partition coefficient (Wildman–Crippen LogP) is 4.79. The molecule has 1 aromatic heterocycles. The standard InChI is InChI=1S/C22H27N3O3S/c1-16(2)15-25-21(17-5-7-18(26-3)8-6-17)23-24-22(25)29-14-13-28-20-11-9-19(27-4)10-12-20/h5-12,16H,13-15H2,1-4H3. The van der Waals surface area contributed by atoms with Crippen molar-refractivity contribution in [3.63, 3.8) is 0 Å². The van der Waals surface area contributed by atoms with Crippen molar-refractivity contribution in [3.05, 3.63) is 48.5 Å². The summed E-state index contributed by atoms with van der Waals surface area (Å²) in [5.41, 5.74) is 1.03. The lowest BCUT2D eigenvalue weighted by molar-refractivity contribution is 0.342. The summed E-state index contributed by atoms with van der Waals surface area (Å²) in [6, 6.07) is 15.5. The van der Waals surface area contributed by atoms with E-state index in [9.17, 15) is 0 Å². The van der Waals surface area contributed by atoms with Crippen LogP contribution in [-0.2, 0) is 6.54 Å². The molecule has 0 atom stereocenters. The summed E-state index contributed by atoms with van der Waals surface area (Å²) in [4.78, 5) is 0. The summed E-state index contributed by atoms with van der Waals surface area (Å²) in [5.74, 6) is 4.62. The summed E-state index contributed by atoms with van der Waals surface area (Å²) in [7, 11) is 3.32. The normalized spacial score (nSPS) is 10.9. The highest BCUT2D eigenvalue weighted by molar-refractivity contribution is 7.99. The van der Waals surface area contributed by atoms with Crippen LogP contribution in [0.3, 0.4) is 0 Å². The number of nitrogens with zero attached hydrogens (tertiary/aromatic N) is 3. The average molecular weight is 414 g/mol. The summed E-state index contributed by atoms with van der Waals surface area (Å²) in [6.45, 7) is 5.83. The third-order valence-corrected chi connectivity index (χ3v) is 5.19. The van der Waals surface area contributed by atoms with Gasteiger partial charge in [-0.3, -0.25) is 0 Å². The Hall–Kier alpha value is -2.67. The molecule has 0 saturated heterocycles. The second kappa shape index (κ2) is 10.2. The first-order valence-electron chi connectivity index (χ1n) is 9.58. The van der Waals surface area contributed by atoms with Gasteiger partial charge < -0.3 is 18.8 Å². The van der Waals surface area contributed by atoms with Crippen molar-refractivity contribution in [2.45, 2.75) is 25.5 Å². The Balaban J connectivity index is 1.65. The van der Waals surface area contributed by atoms with Crippen molar-refractivity contribution in [1.82, 2.24) is 14.8 Å². The first kappa shape index (κ1) is 21.0. The second-order valence-corrected chi connectivity index (χ2v) is 7.97. The third-order valence-electron chi connectivity index (χ3n) is 4.26. The van der Waals surface area contributed by atoms with E-state index < -0.39 is 0 Å². The fourth-order valence-electron chi connectivity index (χ4n) is 2.84. The van der Waals surface area contributed by atoms with E-state index in [1.165, 1.54) is 0 Å². The molecule has 0 saturated carbocycles. The zero-order chi connectivity index (χ0) is 20.6. The minimum Gasteiger partial charge on any atom is -0.497 e. The van der Waals surface area contributed by atoms with Gasteiger partial charge in [-0.2, -0.15) is 0 Å². The van der Waals surface area contributed by atoms with Crippen LogP contribution in [0.2, 0.25) is 0 Å². The summed E-state index contributed by atoms with van der Waals surface area (Å²) >= 11 is 1.65. The van der Waals surface area contributed by atoms with Crippen LogP contribution in [0, 0.1) is 5.92 Å². The van der Waals surface area contributed by atoms with Gasteiger partial charge in [0.1, 0.15) is 17.2 Å². The lowest BCUT2D eigenvalue weighted by Crippen LogP contribution is -2.09. The maximum atomic E-state index is 5.82. The van der Waals surface area contributed by atoms with E-state index in [-0.39, 0.29) is 0 Å². The number of aromatic nitrogens is 3. The maximum Gasteiger partial charge on any atom is 0.191 e. The maximum absolute atomic E-state index is 5.82. The van der Waals surface area contributed by atoms with Gasteiger partial charge in [-0.15, -0.1) is 10.2 Å². The first-order valence-corrected chi connectivity index (χ1v) is 10.6. The number of methoxy groups -OCH3 is 2. The topological polar surface area (TPSA) is 58.4 Å². The highest BCUT2D eigenvalue weighted by atomic mass is 32.2. The molecule has 3 aromatic rings. The molecule has 0 bridgehead atoms. The summed E-state index contributed by atoms with van der Waals surface area (Å²) < 4.78 is 18.4. The molecular formula is C22H27N3O3S. The Labute approximate surface area is 176 Å². The lowest BCUT2D eigenvalue weighted by Gasteiger charge is -2.13. The number of thioether (sulfide) groups is 1. The van der Waals surface area contributed by atoms with Crippen molar-refractivity contribution >= 4 is 11.8 Å². The van der Waals surface area contributed by atoms with Crippen molar-refractivity contribution in [3.8, 4) is 28.6 Å². The minimum absolute atomic E-state index is 0.484. The van der Waals surface area contributed by atoms with E-state index in [0.717, 1.165) is 46.1 Å².